The second-order valence-electron chi connectivity index (χ2n) is 14.6. The number of hydrogen-bond donors (Lipinski definition) is 2. The van der Waals surface area contributed by atoms with Gasteiger partial charge in [-0.25, -0.2) is 23.1 Å². The van der Waals surface area contributed by atoms with Crippen molar-refractivity contribution in [3.05, 3.63) is 118 Å². The Hall–Kier alpha value is -5.63. The molecule has 7 heterocycles. The maximum atomic E-state index is 15.0. The molecule has 1 fully saturated rings. The average Bonchev–Trinajstić information content (AvgIpc) is 3.80. The SMILES string of the molecule is Cc1cn2cc(-c3cc4c(F)cc(C5=CCNCC5)cc4nn3)cc(F)c2n1.Cc1nc2c(C)cc(-c3cc(F)c4cc(C5CCNCC5)nnc4c3)cc2s1. The first-order valence-electron chi connectivity index (χ1n) is 18.7. The first kappa shape index (κ1) is 36.0. The summed E-state index contributed by atoms with van der Waals surface area (Å²) in [6.45, 7) is 9.46. The lowest BCUT2D eigenvalue weighted by Gasteiger charge is -2.21. The minimum Gasteiger partial charge on any atom is -0.317 e. The van der Waals surface area contributed by atoms with Crippen molar-refractivity contribution in [2.24, 2.45) is 0 Å². The van der Waals surface area contributed by atoms with Gasteiger partial charge in [-0.05, 0) is 142 Å². The number of aromatic nitrogens is 7. The Morgan fingerprint density at radius 2 is 1.39 bits per heavy atom. The molecule has 0 spiro atoms. The quantitative estimate of drug-likeness (QED) is 0.183. The van der Waals surface area contributed by atoms with Crippen molar-refractivity contribution in [2.45, 2.75) is 46.0 Å². The Balaban J connectivity index is 0.000000146. The molecule has 3 aromatic carbocycles. The molecule has 0 saturated carbocycles. The molecular formula is C43H38F3N9S. The van der Waals surface area contributed by atoms with E-state index in [9.17, 15) is 8.78 Å². The van der Waals surface area contributed by atoms with Crippen LogP contribution in [-0.2, 0) is 0 Å². The average molecular weight is 770 g/mol. The van der Waals surface area contributed by atoms with Gasteiger partial charge in [-0.3, -0.25) is 0 Å². The van der Waals surface area contributed by atoms with Crippen LogP contribution >= 0.6 is 11.3 Å². The first-order valence-corrected chi connectivity index (χ1v) is 19.6. The van der Waals surface area contributed by atoms with E-state index in [0.29, 0.717) is 44.7 Å². The predicted octanol–water partition coefficient (Wildman–Crippen LogP) is 9.04. The van der Waals surface area contributed by atoms with E-state index in [0.717, 1.165) is 94.2 Å². The molecule has 282 valence electrons. The van der Waals surface area contributed by atoms with Gasteiger partial charge in [0.1, 0.15) is 11.6 Å². The van der Waals surface area contributed by atoms with Crippen molar-refractivity contribution < 1.29 is 13.2 Å². The van der Waals surface area contributed by atoms with E-state index in [4.69, 9.17) is 0 Å². The molecule has 56 heavy (non-hydrogen) atoms. The smallest absolute Gasteiger partial charge is 0.173 e. The highest BCUT2D eigenvalue weighted by molar-refractivity contribution is 7.18. The lowest BCUT2D eigenvalue weighted by atomic mass is 9.93. The molecular weight excluding hydrogens is 732 g/mol. The van der Waals surface area contributed by atoms with Crippen molar-refractivity contribution in [1.29, 1.82) is 0 Å². The van der Waals surface area contributed by atoms with E-state index in [1.807, 2.05) is 32.0 Å². The Morgan fingerprint density at radius 3 is 2.18 bits per heavy atom. The number of imidazole rings is 1. The molecule has 8 aromatic rings. The Bertz CT molecular complexity index is 2840. The molecule has 1 saturated heterocycles. The third-order valence-electron chi connectivity index (χ3n) is 10.6. The summed E-state index contributed by atoms with van der Waals surface area (Å²) in [4.78, 5) is 8.73. The fourth-order valence-electron chi connectivity index (χ4n) is 7.71. The lowest BCUT2D eigenvalue weighted by molar-refractivity contribution is 0.451. The standard InChI is InChI=1S/C22H21FN4S.C21H17F2N5/c1-12-7-15(10-21-22(12)25-13(2)28-21)16-8-18(23)17-11-19(26-27-20(17)9-16)14-3-5-24-6-4-14;1-12-10-28-11-15(7-18(23)21(28)25-12)19-9-16-17(22)6-14(8-20(16)27-26-19)13-2-4-24-5-3-13/h7-11,14,24H,3-6H2,1-2H3;2,6-11,24H,3-5H2,1H3. The van der Waals surface area contributed by atoms with Crippen LogP contribution in [0.4, 0.5) is 13.2 Å². The van der Waals surface area contributed by atoms with E-state index in [1.54, 1.807) is 47.2 Å². The molecule has 10 rings (SSSR count). The van der Waals surface area contributed by atoms with Gasteiger partial charge in [0.25, 0.3) is 0 Å². The van der Waals surface area contributed by atoms with E-state index < -0.39 is 5.82 Å². The van der Waals surface area contributed by atoms with Crippen molar-refractivity contribution in [3.63, 3.8) is 0 Å². The van der Waals surface area contributed by atoms with Crippen LogP contribution in [0.2, 0.25) is 0 Å². The van der Waals surface area contributed by atoms with Gasteiger partial charge in [-0.15, -0.1) is 21.5 Å². The number of pyridine rings is 1. The number of aryl methyl sites for hydroxylation is 3. The summed E-state index contributed by atoms with van der Waals surface area (Å²) in [5, 5.41) is 25.8. The zero-order chi connectivity index (χ0) is 38.5. The van der Waals surface area contributed by atoms with Crippen LogP contribution in [0.25, 0.3) is 65.6 Å². The van der Waals surface area contributed by atoms with Gasteiger partial charge < -0.3 is 15.0 Å². The molecule has 0 atom stereocenters. The molecule has 2 N–H and O–H groups in total. The van der Waals surface area contributed by atoms with E-state index in [1.165, 1.54) is 12.1 Å². The number of fused-ring (bicyclic) bond motifs is 4. The van der Waals surface area contributed by atoms with Gasteiger partial charge in [0.05, 0.1) is 43.3 Å². The molecule has 0 unspecified atom stereocenters. The second kappa shape index (κ2) is 14.8. The number of hydrogen-bond acceptors (Lipinski definition) is 9. The largest absolute Gasteiger partial charge is 0.317 e. The summed E-state index contributed by atoms with van der Waals surface area (Å²) in [7, 11) is 0. The number of benzene rings is 3. The van der Waals surface area contributed by atoms with Crippen molar-refractivity contribution >= 4 is 54.6 Å². The second-order valence-corrected chi connectivity index (χ2v) is 15.8. The van der Waals surface area contributed by atoms with Gasteiger partial charge in [-0.1, -0.05) is 6.08 Å². The highest BCUT2D eigenvalue weighted by Gasteiger charge is 2.19. The van der Waals surface area contributed by atoms with Crippen molar-refractivity contribution in [3.8, 4) is 22.4 Å². The zero-order valence-corrected chi connectivity index (χ0v) is 31.9. The molecule has 0 amide bonds. The number of piperidine rings is 1. The minimum atomic E-state index is -0.457. The normalized spacial score (nSPS) is 15.1. The fraction of sp³-hybridized carbons (Fsp3) is 0.256. The Kier molecular flexibility index (Phi) is 9.52. The maximum Gasteiger partial charge on any atom is 0.173 e. The predicted molar refractivity (Wildman–Crippen MR) is 216 cm³/mol. The molecule has 0 aliphatic carbocycles. The number of rotatable bonds is 4. The van der Waals surface area contributed by atoms with E-state index in [2.05, 4.69) is 59.2 Å². The maximum absolute atomic E-state index is 15.0. The molecule has 0 bridgehead atoms. The third-order valence-corrected chi connectivity index (χ3v) is 11.5. The molecule has 9 nitrogen and oxygen atoms in total. The zero-order valence-electron chi connectivity index (χ0n) is 31.1. The minimum absolute atomic E-state index is 0.240. The van der Waals surface area contributed by atoms with Gasteiger partial charge in [0.2, 0.25) is 0 Å². The molecule has 13 heteroatoms. The first-order chi connectivity index (χ1) is 27.2. The van der Waals surface area contributed by atoms with Gasteiger partial charge >= 0.3 is 0 Å². The van der Waals surface area contributed by atoms with Crippen LogP contribution in [0.3, 0.4) is 0 Å². The summed E-state index contributed by atoms with van der Waals surface area (Å²) in [5.41, 5.74) is 9.75. The van der Waals surface area contributed by atoms with Gasteiger partial charge in [0.15, 0.2) is 11.5 Å². The van der Waals surface area contributed by atoms with Crippen LogP contribution in [0, 0.1) is 38.2 Å². The van der Waals surface area contributed by atoms with Crippen molar-refractivity contribution in [2.75, 3.05) is 26.2 Å². The topological polar surface area (TPSA) is 106 Å². The summed E-state index contributed by atoms with van der Waals surface area (Å²) < 4.78 is 47.0. The summed E-state index contributed by atoms with van der Waals surface area (Å²) in [5.74, 6) is -0.697. The van der Waals surface area contributed by atoms with Crippen LogP contribution in [0.15, 0.2) is 73.1 Å². The van der Waals surface area contributed by atoms with Gasteiger partial charge in [-0.2, -0.15) is 10.2 Å². The van der Waals surface area contributed by atoms with E-state index in [-0.39, 0.29) is 17.3 Å². The van der Waals surface area contributed by atoms with Crippen molar-refractivity contribution in [1.82, 2.24) is 45.4 Å². The highest BCUT2D eigenvalue weighted by Crippen LogP contribution is 2.34. The fourth-order valence-corrected chi connectivity index (χ4v) is 8.65. The monoisotopic (exact) mass is 769 g/mol. The molecule has 2 aliphatic rings. The number of halogens is 3. The van der Waals surface area contributed by atoms with E-state index >= 15 is 4.39 Å². The summed E-state index contributed by atoms with van der Waals surface area (Å²) in [6.07, 6.45) is 8.41. The van der Waals surface area contributed by atoms with Crippen LogP contribution in [-0.4, -0.2) is 60.9 Å². The van der Waals surface area contributed by atoms with Crippen LogP contribution in [0.1, 0.15) is 52.7 Å². The third kappa shape index (κ3) is 7.02. The highest BCUT2D eigenvalue weighted by atomic mass is 32.1. The molecule has 0 radical (unpaired) electrons. The summed E-state index contributed by atoms with van der Waals surface area (Å²) in [6, 6.07) is 16.0. The molecule has 2 aliphatic heterocycles. The number of thiazole rings is 1. The molecule has 5 aromatic heterocycles. The van der Waals surface area contributed by atoms with Gasteiger partial charge in [0, 0.05) is 41.2 Å². The van der Waals surface area contributed by atoms with Crippen LogP contribution < -0.4 is 10.6 Å². The number of nitrogens with zero attached hydrogens (tertiary/aromatic N) is 7. The number of nitrogens with one attached hydrogen (secondary N) is 2. The van der Waals surface area contributed by atoms with Crippen LogP contribution in [0.5, 0.6) is 0 Å². The lowest BCUT2D eigenvalue weighted by Crippen LogP contribution is -2.27. The Labute approximate surface area is 324 Å². The summed E-state index contributed by atoms with van der Waals surface area (Å²) >= 11 is 1.66. The Morgan fingerprint density at radius 1 is 0.679 bits per heavy atom.